The van der Waals surface area contributed by atoms with E-state index in [1.54, 1.807) is 11.1 Å². The zero-order valence-electron chi connectivity index (χ0n) is 10.7. The molecule has 104 valence electrons. The van der Waals surface area contributed by atoms with Gasteiger partial charge in [-0.3, -0.25) is 4.84 Å². The van der Waals surface area contributed by atoms with Crippen molar-refractivity contribution in [3.63, 3.8) is 0 Å². The maximum atomic E-state index is 12.7. The summed E-state index contributed by atoms with van der Waals surface area (Å²) in [5.41, 5.74) is 0.178. The minimum atomic E-state index is -4.28. The Balaban J connectivity index is 1.87. The van der Waals surface area contributed by atoms with Crippen LogP contribution in [0.25, 0.3) is 0 Å². The van der Waals surface area contributed by atoms with Crippen molar-refractivity contribution in [2.75, 3.05) is 13.6 Å². The highest BCUT2D eigenvalue weighted by Crippen LogP contribution is 2.45. The van der Waals surface area contributed by atoms with E-state index in [9.17, 15) is 13.2 Å². The Bertz CT molecular complexity index is 474. The van der Waals surface area contributed by atoms with Crippen LogP contribution < -0.4 is 0 Å². The van der Waals surface area contributed by atoms with Gasteiger partial charge >= 0.3 is 6.18 Å². The molecule has 0 spiro atoms. The Morgan fingerprint density at radius 3 is 2.79 bits per heavy atom. The molecule has 2 nitrogen and oxygen atoms in total. The molecule has 0 N–H and O–H groups in total. The lowest BCUT2D eigenvalue weighted by molar-refractivity contribution is -0.138. The second-order valence-corrected chi connectivity index (χ2v) is 5.45. The lowest BCUT2D eigenvalue weighted by Gasteiger charge is -2.20. The molecule has 1 aromatic carbocycles. The van der Waals surface area contributed by atoms with Crippen LogP contribution in [0.1, 0.15) is 29.9 Å². The summed E-state index contributed by atoms with van der Waals surface area (Å²) in [6.07, 6.45) is -2.31. The van der Waals surface area contributed by atoms with Crippen LogP contribution >= 0.6 is 0 Å². The van der Waals surface area contributed by atoms with Gasteiger partial charge in [-0.2, -0.15) is 18.2 Å². The third kappa shape index (κ3) is 2.37. The monoisotopic (exact) mass is 271 g/mol. The first-order valence-corrected chi connectivity index (χ1v) is 6.50. The van der Waals surface area contributed by atoms with Crippen LogP contribution in [0, 0.1) is 5.92 Å². The Labute approximate surface area is 110 Å². The summed E-state index contributed by atoms with van der Waals surface area (Å²) in [5, 5.41) is 1.80. The summed E-state index contributed by atoms with van der Waals surface area (Å²) in [6.45, 7) is 0.875. The van der Waals surface area contributed by atoms with Gasteiger partial charge in [0.2, 0.25) is 0 Å². The highest BCUT2D eigenvalue weighted by Gasteiger charge is 2.44. The van der Waals surface area contributed by atoms with Gasteiger partial charge in [-0.1, -0.05) is 18.2 Å². The second-order valence-electron chi connectivity index (χ2n) is 5.45. The Morgan fingerprint density at radius 1 is 1.26 bits per heavy atom. The summed E-state index contributed by atoms with van der Waals surface area (Å²) in [7, 11) is 1.88. The first-order valence-electron chi connectivity index (χ1n) is 6.50. The van der Waals surface area contributed by atoms with Gasteiger partial charge in [-0.25, -0.2) is 0 Å². The van der Waals surface area contributed by atoms with Crippen LogP contribution in [0.15, 0.2) is 24.3 Å². The molecule has 2 aliphatic rings. The zero-order valence-corrected chi connectivity index (χ0v) is 10.7. The minimum absolute atomic E-state index is 0.0356. The molecule has 0 radical (unpaired) electrons. The number of fused-ring (bicyclic) bond motifs is 1. The second kappa shape index (κ2) is 4.49. The molecule has 1 aromatic rings. The number of benzene rings is 1. The average molecular weight is 271 g/mol. The molecular formula is C14H16F3NO. The number of hydroxylamine groups is 2. The van der Waals surface area contributed by atoms with E-state index in [-0.39, 0.29) is 12.0 Å². The molecule has 1 saturated heterocycles. The fourth-order valence-electron chi connectivity index (χ4n) is 3.29. The zero-order chi connectivity index (χ0) is 13.6. The van der Waals surface area contributed by atoms with E-state index >= 15 is 0 Å². The van der Waals surface area contributed by atoms with Gasteiger partial charge < -0.3 is 0 Å². The topological polar surface area (TPSA) is 12.5 Å². The molecule has 1 heterocycles. The summed E-state index contributed by atoms with van der Waals surface area (Å²) >= 11 is 0. The molecule has 1 saturated carbocycles. The fourth-order valence-corrected chi connectivity index (χ4v) is 3.29. The van der Waals surface area contributed by atoms with Gasteiger partial charge in [0, 0.05) is 25.4 Å². The Hall–Kier alpha value is -1.07. The Morgan fingerprint density at radius 2 is 2.05 bits per heavy atom. The maximum Gasteiger partial charge on any atom is 0.416 e. The van der Waals surface area contributed by atoms with E-state index in [1.807, 2.05) is 7.05 Å². The largest absolute Gasteiger partial charge is 0.416 e. The summed E-state index contributed by atoms with van der Waals surface area (Å²) in [5.74, 6) is 0.529. The number of alkyl halides is 3. The molecule has 19 heavy (non-hydrogen) atoms. The molecule has 1 aliphatic heterocycles. The lowest BCUT2D eigenvalue weighted by Crippen LogP contribution is -2.19. The smallest absolute Gasteiger partial charge is 0.295 e. The minimum Gasteiger partial charge on any atom is -0.295 e. The first kappa shape index (κ1) is 12.9. The van der Waals surface area contributed by atoms with Gasteiger partial charge in [0.15, 0.2) is 0 Å². The summed E-state index contributed by atoms with van der Waals surface area (Å²) in [4.78, 5) is 5.73. The summed E-state index contributed by atoms with van der Waals surface area (Å²) < 4.78 is 38.2. The van der Waals surface area contributed by atoms with E-state index in [2.05, 4.69) is 0 Å². The standard InChI is InChI=1S/C14H16F3NO/c1-18-8-10-5-6-12(13(10)19-18)9-3-2-4-11(7-9)14(15,16)17/h2-4,7,10,12-13H,5-6,8H2,1H3/t10-,12+,13+/m1/s1. The normalized spacial score (nSPS) is 31.7. The van der Waals surface area contributed by atoms with Crippen LogP contribution in [-0.2, 0) is 11.0 Å². The van der Waals surface area contributed by atoms with Crippen molar-refractivity contribution in [2.24, 2.45) is 5.92 Å². The molecular weight excluding hydrogens is 255 g/mol. The van der Waals surface area contributed by atoms with Crippen LogP contribution in [0.5, 0.6) is 0 Å². The quantitative estimate of drug-likeness (QED) is 0.775. The molecule has 0 unspecified atom stereocenters. The maximum absolute atomic E-state index is 12.7. The van der Waals surface area contributed by atoms with Gasteiger partial charge in [0.25, 0.3) is 0 Å². The predicted molar refractivity (Wildman–Crippen MR) is 64.4 cm³/mol. The van der Waals surface area contributed by atoms with Crippen molar-refractivity contribution in [1.82, 2.24) is 5.06 Å². The van der Waals surface area contributed by atoms with E-state index in [1.165, 1.54) is 12.1 Å². The van der Waals surface area contributed by atoms with Gasteiger partial charge in [-0.15, -0.1) is 0 Å². The van der Waals surface area contributed by atoms with Gasteiger partial charge in [-0.05, 0) is 24.5 Å². The molecule has 2 fully saturated rings. The van der Waals surface area contributed by atoms with E-state index in [0.29, 0.717) is 5.92 Å². The van der Waals surface area contributed by atoms with Crippen molar-refractivity contribution in [3.05, 3.63) is 35.4 Å². The SMILES string of the molecule is CN1C[C@H]2CC[C@@H](c3cccc(C(F)(F)F)c3)[C@H]2O1. The van der Waals surface area contributed by atoms with Crippen molar-refractivity contribution < 1.29 is 18.0 Å². The van der Waals surface area contributed by atoms with Gasteiger partial charge in [0.1, 0.15) is 0 Å². The molecule has 3 atom stereocenters. The highest BCUT2D eigenvalue weighted by molar-refractivity contribution is 5.30. The van der Waals surface area contributed by atoms with Gasteiger partial charge in [0.05, 0.1) is 11.7 Å². The van der Waals surface area contributed by atoms with E-state index in [4.69, 9.17) is 4.84 Å². The number of halogens is 3. The molecule has 0 aromatic heterocycles. The number of hydrogen-bond acceptors (Lipinski definition) is 2. The lowest BCUT2D eigenvalue weighted by atomic mass is 9.92. The third-order valence-electron chi connectivity index (χ3n) is 4.15. The Kier molecular flexibility index (Phi) is 3.06. The van der Waals surface area contributed by atoms with Crippen molar-refractivity contribution in [3.8, 4) is 0 Å². The molecule has 1 aliphatic carbocycles. The molecule has 3 rings (SSSR count). The van der Waals surface area contributed by atoms with E-state index < -0.39 is 11.7 Å². The third-order valence-corrected chi connectivity index (χ3v) is 4.15. The average Bonchev–Trinajstić information content (AvgIpc) is 2.86. The number of rotatable bonds is 1. The molecule has 0 bridgehead atoms. The van der Waals surface area contributed by atoms with Crippen LogP contribution in [0.4, 0.5) is 13.2 Å². The van der Waals surface area contributed by atoms with Crippen LogP contribution in [0.3, 0.4) is 0 Å². The number of hydrogen-bond donors (Lipinski definition) is 0. The molecule has 5 heteroatoms. The van der Waals surface area contributed by atoms with Crippen molar-refractivity contribution in [1.29, 1.82) is 0 Å². The highest BCUT2D eigenvalue weighted by atomic mass is 19.4. The van der Waals surface area contributed by atoms with Crippen LogP contribution in [-0.4, -0.2) is 24.8 Å². The summed E-state index contributed by atoms with van der Waals surface area (Å²) in [6, 6.07) is 5.67. The van der Waals surface area contributed by atoms with Crippen molar-refractivity contribution >= 4 is 0 Å². The first-order chi connectivity index (χ1) is 8.95. The van der Waals surface area contributed by atoms with Crippen molar-refractivity contribution in [2.45, 2.75) is 31.0 Å². The number of nitrogens with zero attached hydrogens (tertiary/aromatic N) is 1. The van der Waals surface area contributed by atoms with Crippen LogP contribution in [0.2, 0.25) is 0 Å². The fraction of sp³-hybridized carbons (Fsp3) is 0.571. The predicted octanol–water partition coefficient (Wildman–Crippen LogP) is 3.44. The van der Waals surface area contributed by atoms with E-state index in [0.717, 1.165) is 31.0 Å². The molecule has 0 amide bonds.